The summed E-state index contributed by atoms with van der Waals surface area (Å²) in [6.45, 7) is 16.7. The van der Waals surface area contributed by atoms with Crippen LogP contribution in [-0.2, 0) is 16.6 Å². The van der Waals surface area contributed by atoms with E-state index in [0.29, 0.717) is 6.42 Å². The van der Waals surface area contributed by atoms with E-state index in [-0.39, 0.29) is 16.7 Å². The smallest absolute Gasteiger partial charge is 0.159 e. The Labute approximate surface area is 133 Å². The van der Waals surface area contributed by atoms with Crippen LogP contribution in [0.3, 0.4) is 0 Å². The molecule has 0 fully saturated rings. The largest absolute Gasteiger partial charge is 0.297 e. The molecule has 1 aromatic heterocycles. The van der Waals surface area contributed by atoms with E-state index in [2.05, 4.69) is 63.7 Å². The van der Waals surface area contributed by atoms with Gasteiger partial charge in [0.05, 0.1) is 17.7 Å². The zero-order chi connectivity index (χ0) is 16.3. The molecule has 0 amide bonds. The number of rotatable bonds is 7. The molecule has 1 atom stereocenters. The molecule has 120 valence electrons. The van der Waals surface area contributed by atoms with Gasteiger partial charge in [-0.1, -0.05) is 41.5 Å². The molecule has 1 rings (SSSR count). The van der Waals surface area contributed by atoms with Crippen LogP contribution in [0, 0.1) is 0 Å². The normalized spacial score (nSPS) is 15.2. The van der Waals surface area contributed by atoms with Crippen molar-refractivity contribution in [3.05, 3.63) is 16.1 Å². The monoisotopic (exact) mass is 310 g/mol. The third kappa shape index (κ3) is 4.13. The molecule has 1 unspecified atom stereocenters. The first-order valence-corrected chi connectivity index (χ1v) is 8.80. The second-order valence-corrected chi connectivity index (χ2v) is 7.72. The van der Waals surface area contributed by atoms with Crippen molar-refractivity contribution in [1.82, 2.24) is 9.88 Å². The van der Waals surface area contributed by atoms with Crippen LogP contribution < -0.4 is 0 Å². The summed E-state index contributed by atoms with van der Waals surface area (Å²) in [6.07, 6.45) is 1.28. The second kappa shape index (κ2) is 7.01. The maximum Gasteiger partial charge on any atom is 0.159 e. The summed E-state index contributed by atoms with van der Waals surface area (Å²) < 4.78 is 0. The lowest BCUT2D eigenvalue weighted by atomic mass is 9.89. The molecule has 0 saturated carbocycles. The number of ketones is 1. The van der Waals surface area contributed by atoms with Gasteiger partial charge in [-0.25, -0.2) is 4.98 Å². The molecule has 4 heteroatoms. The topological polar surface area (TPSA) is 33.2 Å². The third-order valence-electron chi connectivity index (χ3n) is 4.38. The average Bonchev–Trinajstić information content (AvgIpc) is 2.88. The summed E-state index contributed by atoms with van der Waals surface area (Å²) >= 11 is 1.61. The molecule has 0 aliphatic heterocycles. The first kappa shape index (κ1) is 18.3. The van der Waals surface area contributed by atoms with E-state index < -0.39 is 0 Å². The highest BCUT2D eigenvalue weighted by molar-refractivity contribution is 7.09. The van der Waals surface area contributed by atoms with Crippen molar-refractivity contribution >= 4 is 17.1 Å². The molecular formula is C17H30N2OS. The zero-order valence-electron chi connectivity index (χ0n) is 14.6. The fourth-order valence-corrected chi connectivity index (χ4v) is 3.60. The number of Topliss-reactive ketones (excluding diaryl/α,β-unsaturated/α-hetero) is 1. The van der Waals surface area contributed by atoms with Gasteiger partial charge in [-0.2, -0.15) is 0 Å². The Morgan fingerprint density at radius 1 is 1.19 bits per heavy atom. The molecule has 0 aliphatic carbocycles. The minimum Gasteiger partial charge on any atom is -0.297 e. The van der Waals surface area contributed by atoms with Gasteiger partial charge in [0.15, 0.2) is 5.78 Å². The molecular weight excluding hydrogens is 280 g/mol. The van der Waals surface area contributed by atoms with E-state index in [9.17, 15) is 4.79 Å². The first-order valence-electron chi connectivity index (χ1n) is 7.92. The van der Waals surface area contributed by atoms with Crippen molar-refractivity contribution in [3.8, 4) is 0 Å². The Kier molecular flexibility index (Phi) is 6.11. The average molecular weight is 311 g/mol. The summed E-state index contributed by atoms with van der Waals surface area (Å²) in [5.41, 5.74) is 0.748. The molecule has 0 aromatic carbocycles. The van der Waals surface area contributed by atoms with Crippen molar-refractivity contribution in [2.24, 2.45) is 0 Å². The summed E-state index contributed by atoms with van der Waals surface area (Å²) in [6, 6.07) is 0. The summed E-state index contributed by atoms with van der Waals surface area (Å²) in [5, 5.41) is 3.03. The van der Waals surface area contributed by atoms with E-state index in [1.807, 2.05) is 0 Å². The number of likely N-dealkylation sites (N-methyl/N-ethyl adjacent to an activating group) is 1. The fourth-order valence-electron chi connectivity index (χ4n) is 2.58. The highest BCUT2D eigenvalue weighted by Crippen LogP contribution is 2.27. The van der Waals surface area contributed by atoms with Gasteiger partial charge in [0.2, 0.25) is 0 Å². The highest BCUT2D eigenvalue weighted by atomic mass is 32.1. The van der Waals surface area contributed by atoms with Gasteiger partial charge in [0.1, 0.15) is 5.01 Å². The Hall–Kier alpha value is -0.740. The zero-order valence-corrected chi connectivity index (χ0v) is 15.4. The number of thiazole rings is 1. The van der Waals surface area contributed by atoms with Gasteiger partial charge in [0.25, 0.3) is 0 Å². The minimum absolute atomic E-state index is 0.0464. The third-order valence-corrected chi connectivity index (χ3v) is 5.23. The van der Waals surface area contributed by atoms with Gasteiger partial charge in [-0.3, -0.25) is 9.69 Å². The second-order valence-electron chi connectivity index (χ2n) is 6.78. The van der Waals surface area contributed by atoms with Crippen LogP contribution in [-0.4, -0.2) is 34.3 Å². The number of hydrogen-bond donors (Lipinski definition) is 0. The molecule has 1 aromatic rings. The van der Waals surface area contributed by atoms with Crippen LogP contribution in [0.1, 0.15) is 65.6 Å². The van der Waals surface area contributed by atoms with Crippen molar-refractivity contribution in [2.45, 2.75) is 72.3 Å². The molecule has 0 bridgehead atoms. The Balaban J connectivity index is 2.91. The van der Waals surface area contributed by atoms with Crippen molar-refractivity contribution in [1.29, 1.82) is 0 Å². The lowest BCUT2D eigenvalue weighted by molar-refractivity contribution is -0.129. The molecule has 0 radical (unpaired) electrons. The first-order chi connectivity index (χ1) is 9.68. The maximum absolute atomic E-state index is 12.8. The highest BCUT2D eigenvalue weighted by Gasteiger charge is 2.36. The number of hydrogen-bond acceptors (Lipinski definition) is 4. The molecule has 0 aliphatic rings. The quantitative estimate of drug-likeness (QED) is 0.761. The molecule has 0 N–H and O–H groups in total. The van der Waals surface area contributed by atoms with Crippen molar-refractivity contribution in [2.75, 3.05) is 13.1 Å². The predicted molar refractivity (Wildman–Crippen MR) is 91.1 cm³/mol. The summed E-state index contributed by atoms with van der Waals surface area (Å²) in [5.74, 6) is 0.281. The van der Waals surface area contributed by atoms with E-state index in [0.717, 1.165) is 30.2 Å². The standard InChI is InChI=1S/C17H30N2OS/c1-8-17(7,19(9-2)10-3)14(20)11-15-18-13(12-21-15)16(4,5)6/h12H,8-11H2,1-7H3. The van der Waals surface area contributed by atoms with Gasteiger partial charge >= 0.3 is 0 Å². The van der Waals surface area contributed by atoms with Crippen LogP contribution >= 0.6 is 11.3 Å². The van der Waals surface area contributed by atoms with Crippen LogP contribution in [0.4, 0.5) is 0 Å². The van der Waals surface area contributed by atoms with E-state index in [1.165, 1.54) is 0 Å². The van der Waals surface area contributed by atoms with Gasteiger partial charge in [-0.05, 0) is 26.4 Å². The Bertz CT molecular complexity index is 471. The molecule has 3 nitrogen and oxygen atoms in total. The van der Waals surface area contributed by atoms with E-state index >= 15 is 0 Å². The molecule has 0 spiro atoms. The summed E-state index contributed by atoms with van der Waals surface area (Å²) in [7, 11) is 0. The number of nitrogens with zero attached hydrogens (tertiary/aromatic N) is 2. The number of carbonyl (C=O) groups excluding carboxylic acids is 1. The van der Waals surface area contributed by atoms with Crippen molar-refractivity contribution in [3.63, 3.8) is 0 Å². The lowest BCUT2D eigenvalue weighted by Gasteiger charge is -2.38. The van der Waals surface area contributed by atoms with Crippen LogP contribution in [0.5, 0.6) is 0 Å². The van der Waals surface area contributed by atoms with Gasteiger partial charge in [0, 0.05) is 10.8 Å². The Morgan fingerprint density at radius 2 is 1.76 bits per heavy atom. The van der Waals surface area contributed by atoms with Crippen LogP contribution in [0.15, 0.2) is 5.38 Å². The van der Waals surface area contributed by atoms with Crippen molar-refractivity contribution < 1.29 is 4.79 Å². The fraction of sp³-hybridized carbons (Fsp3) is 0.765. The molecule has 1 heterocycles. The van der Waals surface area contributed by atoms with E-state index in [4.69, 9.17) is 0 Å². The summed E-state index contributed by atoms with van der Waals surface area (Å²) in [4.78, 5) is 19.7. The molecule has 21 heavy (non-hydrogen) atoms. The van der Waals surface area contributed by atoms with Crippen LogP contribution in [0.25, 0.3) is 0 Å². The van der Waals surface area contributed by atoms with Gasteiger partial charge < -0.3 is 0 Å². The van der Waals surface area contributed by atoms with Gasteiger partial charge in [-0.15, -0.1) is 11.3 Å². The minimum atomic E-state index is -0.378. The SMILES string of the molecule is CCN(CC)C(C)(CC)C(=O)Cc1nc(C(C)(C)C)cs1. The lowest BCUT2D eigenvalue weighted by Crippen LogP contribution is -2.52. The maximum atomic E-state index is 12.8. The van der Waals surface area contributed by atoms with Crippen LogP contribution in [0.2, 0.25) is 0 Å². The predicted octanol–water partition coefficient (Wildman–Crippen LogP) is 4.06. The van der Waals surface area contributed by atoms with E-state index in [1.54, 1.807) is 11.3 Å². The molecule has 0 saturated heterocycles. The number of carbonyl (C=O) groups is 1. The Morgan fingerprint density at radius 3 is 2.14 bits per heavy atom. The number of aromatic nitrogens is 1.